The maximum atomic E-state index is 12.0. The summed E-state index contributed by atoms with van der Waals surface area (Å²) in [7, 11) is 0. The van der Waals surface area contributed by atoms with E-state index in [1.165, 1.54) is 0 Å². The van der Waals surface area contributed by atoms with Gasteiger partial charge in [-0.1, -0.05) is 36.4 Å². The molecule has 1 aliphatic heterocycles. The molecular weight excluding hydrogens is 364 g/mol. The van der Waals surface area contributed by atoms with Gasteiger partial charge in [0.05, 0.1) is 13.2 Å². The topological polar surface area (TPSA) is 74.8 Å². The monoisotopic (exact) mass is 394 g/mol. The molecule has 2 aromatic carbocycles. The van der Waals surface area contributed by atoms with Crippen LogP contribution in [-0.4, -0.2) is 38.1 Å². The van der Waals surface area contributed by atoms with Gasteiger partial charge in [-0.3, -0.25) is 9.79 Å². The number of aliphatic imine (C=N–C) groups is 1. The van der Waals surface area contributed by atoms with Crippen LogP contribution in [0, 0.1) is 6.92 Å². The zero-order chi connectivity index (χ0) is 20.5. The number of carbonyl (C=O) groups is 1. The van der Waals surface area contributed by atoms with E-state index in [-0.39, 0.29) is 11.8 Å². The minimum atomic E-state index is 0.0511. The number of amides is 1. The quantitative estimate of drug-likeness (QED) is 0.364. The number of benzene rings is 2. The van der Waals surface area contributed by atoms with Crippen LogP contribution in [0.15, 0.2) is 53.5 Å². The molecule has 0 saturated carbocycles. The van der Waals surface area contributed by atoms with Crippen LogP contribution < -0.4 is 20.7 Å². The molecule has 0 radical (unpaired) electrons. The van der Waals surface area contributed by atoms with Crippen LogP contribution in [0.25, 0.3) is 0 Å². The van der Waals surface area contributed by atoms with Crippen LogP contribution >= 0.6 is 0 Å². The molecule has 0 fully saturated rings. The predicted octanol–water partition coefficient (Wildman–Crippen LogP) is 3.45. The second kappa shape index (κ2) is 10.5. The van der Waals surface area contributed by atoms with E-state index >= 15 is 0 Å². The first-order chi connectivity index (χ1) is 14.2. The minimum Gasteiger partial charge on any atom is -0.493 e. The van der Waals surface area contributed by atoms with Crippen molar-refractivity contribution >= 4 is 17.6 Å². The average molecular weight is 395 g/mol. The second-order valence-corrected chi connectivity index (χ2v) is 7.15. The van der Waals surface area contributed by atoms with Crippen LogP contribution in [-0.2, 0) is 4.79 Å². The van der Waals surface area contributed by atoms with Crippen molar-refractivity contribution in [2.75, 3.05) is 31.6 Å². The van der Waals surface area contributed by atoms with Crippen molar-refractivity contribution in [1.29, 1.82) is 0 Å². The van der Waals surface area contributed by atoms with Gasteiger partial charge < -0.3 is 20.7 Å². The van der Waals surface area contributed by atoms with Crippen molar-refractivity contribution in [3.05, 3.63) is 59.7 Å². The summed E-state index contributed by atoms with van der Waals surface area (Å²) in [5.41, 5.74) is 3.20. The summed E-state index contributed by atoms with van der Waals surface area (Å²) in [4.78, 5) is 16.7. The molecule has 29 heavy (non-hydrogen) atoms. The number of ether oxygens (including phenoxy) is 1. The minimum absolute atomic E-state index is 0.0511. The molecule has 0 aliphatic carbocycles. The molecule has 2 aromatic rings. The van der Waals surface area contributed by atoms with Crippen molar-refractivity contribution in [3.63, 3.8) is 0 Å². The maximum Gasteiger partial charge on any atom is 0.225 e. The molecule has 1 unspecified atom stereocenters. The van der Waals surface area contributed by atoms with Gasteiger partial charge in [0.1, 0.15) is 5.75 Å². The van der Waals surface area contributed by atoms with Gasteiger partial charge in [0.25, 0.3) is 0 Å². The Morgan fingerprint density at radius 3 is 2.79 bits per heavy atom. The molecule has 3 rings (SSSR count). The SMILES string of the molecule is CCNC(=NCC1CC(=O)Nc2ccccc21)NCCCOc1ccccc1C. The van der Waals surface area contributed by atoms with E-state index in [0.29, 0.717) is 19.6 Å². The number of rotatable bonds is 8. The largest absolute Gasteiger partial charge is 0.493 e. The third-order valence-corrected chi connectivity index (χ3v) is 4.89. The highest BCUT2D eigenvalue weighted by Gasteiger charge is 2.24. The fourth-order valence-electron chi connectivity index (χ4n) is 3.39. The Morgan fingerprint density at radius 1 is 1.17 bits per heavy atom. The number of aryl methyl sites for hydroxylation is 1. The summed E-state index contributed by atoms with van der Waals surface area (Å²) in [6.07, 6.45) is 1.33. The van der Waals surface area contributed by atoms with E-state index in [2.05, 4.69) is 22.0 Å². The summed E-state index contributed by atoms with van der Waals surface area (Å²) in [5, 5.41) is 9.56. The van der Waals surface area contributed by atoms with Crippen LogP contribution in [0.3, 0.4) is 0 Å². The average Bonchev–Trinajstić information content (AvgIpc) is 2.72. The fraction of sp³-hybridized carbons (Fsp3) is 0.391. The van der Waals surface area contributed by atoms with Gasteiger partial charge in [-0.25, -0.2) is 0 Å². The number of guanidine groups is 1. The maximum absolute atomic E-state index is 12.0. The van der Waals surface area contributed by atoms with Gasteiger partial charge in [0, 0.05) is 31.1 Å². The molecule has 0 spiro atoms. The molecule has 1 aliphatic rings. The molecule has 1 atom stereocenters. The first-order valence-corrected chi connectivity index (χ1v) is 10.3. The van der Waals surface area contributed by atoms with Crippen molar-refractivity contribution in [2.24, 2.45) is 4.99 Å². The highest BCUT2D eigenvalue weighted by atomic mass is 16.5. The number of hydrogen-bond acceptors (Lipinski definition) is 3. The Labute approximate surface area is 172 Å². The molecule has 0 saturated heterocycles. The van der Waals surface area contributed by atoms with E-state index in [1.54, 1.807) is 0 Å². The Hall–Kier alpha value is -3.02. The first kappa shape index (κ1) is 20.7. The van der Waals surface area contributed by atoms with Crippen molar-refractivity contribution in [3.8, 4) is 5.75 Å². The van der Waals surface area contributed by atoms with E-state index in [9.17, 15) is 4.79 Å². The lowest BCUT2D eigenvalue weighted by Crippen LogP contribution is -2.38. The molecule has 3 N–H and O–H groups in total. The molecule has 6 heteroatoms. The third-order valence-electron chi connectivity index (χ3n) is 4.89. The van der Waals surface area contributed by atoms with E-state index in [1.807, 2.05) is 56.3 Å². The number of nitrogens with zero attached hydrogens (tertiary/aromatic N) is 1. The first-order valence-electron chi connectivity index (χ1n) is 10.3. The zero-order valence-corrected chi connectivity index (χ0v) is 17.2. The molecule has 6 nitrogen and oxygen atoms in total. The third kappa shape index (κ3) is 5.98. The molecule has 0 aromatic heterocycles. The lowest BCUT2D eigenvalue weighted by Gasteiger charge is -2.24. The standard InChI is InChI=1S/C23H30N4O2/c1-3-24-23(25-13-8-14-29-21-12-7-4-9-17(21)2)26-16-18-15-22(28)27-20-11-6-5-10-19(18)20/h4-7,9-12,18H,3,8,13-16H2,1-2H3,(H,27,28)(H2,24,25,26). The number of para-hydroxylation sites is 2. The highest BCUT2D eigenvalue weighted by Crippen LogP contribution is 2.31. The Kier molecular flexibility index (Phi) is 7.50. The number of anilines is 1. The molecular formula is C23H30N4O2. The van der Waals surface area contributed by atoms with Crippen LogP contribution in [0.5, 0.6) is 5.75 Å². The van der Waals surface area contributed by atoms with Crippen molar-refractivity contribution in [1.82, 2.24) is 10.6 Å². The summed E-state index contributed by atoms with van der Waals surface area (Å²) in [6.45, 7) is 6.86. The molecule has 1 heterocycles. The van der Waals surface area contributed by atoms with Crippen LogP contribution in [0.1, 0.15) is 36.8 Å². The van der Waals surface area contributed by atoms with Crippen molar-refractivity contribution < 1.29 is 9.53 Å². The van der Waals surface area contributed by atoms with Crippen LogP contribution in [0.4, 0.5) is 5.69 Å². The predicted molar refractivity (Wildman–Crippen MR) is 118 cm³/mol. The molecule has 1 amide bonds. The lowest BCUT2D eigenvalue weighted by atomic mass is 9.91. The Bertz CT molecular complexity index is 850. The van der Waals surface area contributed by atoms with Gasteiger partial charge >= 0.3 is 0 Å². The van der Waals surface area contributed by atoms with Gasteiger partial charge in [0.2, 0.25) is 5.91 Å². The number of nitrogens with one attached hydrogen (secondary N) is 3. The van der Waals surface area contributed by atoms with Crippen LogP contribution in [0.2, 0.25) is 0 Å². The smallest absolute Gasteiger partial charge is 0.225 e. The second-order valence-electron chi connectivity index (χ2n) is 7.15. The number of hydrogen-bond donors (Lipinski definition) is 3. The van der Waals surface area contributed by atoms with Gasteiger partial charge in [-0.05, 0) is 43.5 Å². The summed E-state index contributed by atoms with van der Waals surface area (Å²) in [5.74, 6) is 1.85. The number of carbonyl (C=O) groups excluding carboxylic acids is 1. The van der Waals surface area contributed by atoms with Crippen molar-refractivity contribution in [2.45, 2.75) is 32.6 Å². The number of fused-ring (bicyclic) bond motifs is 1. The Balaban J connectivity index is 1.50. The van der Waals surface area contributed by atoms with E-state index < -0.39 is 0 Å². The van der Waals surface area contributed by atoms with Gasteiger partial charge in [-0.2, -0.15) is 0 Å². The Morgan fingerprint density at radius 2 is 1.97 bits per heavy atom. The summed E-state index contributed by atoms with van der Waals surface area (Å²) in [6, 6.07) is 16.0. The van der Waals surface area contributed by atoms with E-state index in [4.69, 9.17) is 9.73 Å². The summed E-state index contributed by atoms with van der Waals surface area (Å²) < 4.78 is 5.84. The van der Waals surface area contributed by atoms with E-state index in [0.717, 1.165) is 48.0 Å². The molecule has 154 valence electrons. The van der Waals surface area contributed by atoms with Gasteiger partial charge in [-0.15, -0.1) is 0 Å². The summed E-state index contributed by atoms with van der Waals surface area (Å²) >= 11 is 0. The van der Waals surface area contributed by atoms with Gasteiger partial charge in [0.15, 0.2) is 5.96 Å². The molecule has 0 bridgehead atoms. The zero-order valence-electron chi connectivity index (χ0n) is 17.2. The fourth-order valence-corrected chi connectivity index (χ4v) is 3.39. The normalized spacial score (nSPS) is 16.0. The lowest BCUT2D eigenvalue weighted by molar-refractivity contribution is -0.116. The highest BCUT2D eigenvalue weighted by molar-refractivity contribution is 5.94.